The molecule has 0 N–H and O–H groups in total. The molecule has 0 aliphatic rings. The lowest BCUT2D eigenvalue weighted by Crippen LogP contribution is -1.94. The van der Waals surface area contributed by atoms with E-state index < -0.39 is 11.6 Å². The van der Waals surface area contributed by atoms with Crippen LogP contribution in [0.1, 0.15) is 18.1 Å². The first kappa shape index (κ1) is 9.90. The zero-order valence-electron chi connectivity index (χ0n) is 7.82. The summed E-state index contributed by atoms with van der Waals surface area (Å²) >= 11 is 0. The van der Waals surface area contributed by atoms with E-state index in [1.807, 2.05) is 6.92 Å². The molecule has 0 amide bonds. The van der Waals surface area contributed by atoms with E-state index in [0.717, 1.165) is 16.7 Å². The second-order valence-corrected chi connectivity index (χ2v) is 3.33. The zero-order chi connectivity index (χ0) is 10.0. The molecular weight excluding hydrogens is 170 g/mol. The van der Waals surface area contributed by atoms with Gasteiger partial charge in [0.1, 0.15) is 0 Å². The topological polar surface area (TPSA) is 0 Å². The average molecular weight is 182 g/mol. The largest absolute Gasteiger partial charge is 0.204 e. The predicted molar refractivity (Wildman–Crippen MR) is 49.6 cm³/mol. The molecule has 0 aromatic heterocycles. The molecule has 0 nitrogen and oxygen atoms in total. The first-order chi connectivity index (χ1) is 6.00. The van der Waals surface area contributed by atoms with Gasteiger partial charge in [0.15, 0.2) is 11.6 Å². The average Bonchev–Trinajstić information content (AvgIpc) is 1.99. The number of rotatable bonds is 2. The molecule has 0 fully saturated rings. The van der Waals surface area contributed by atoms with Crippen LogP contribution in [-0.4, -0.2) is 0 Å². The minimum Gasteiger partial charge on any atom is -0.204 e. The van der Waals surface area contributed by atoms with E-state index >= 15 is 0 Å². The monoisotopic (exact) mass is 182 g/mol. The van der Waals surface area contributed by atoms with Crippen molar-refractivity contribution in [3.63, 3.8) is 0 Å². The van der Waals surface area contributed by atoms with Crippen LogP contribution < -0.4 is 0 Å². The summed E-state index contributed by atoms with van der Waals surface area (Å²) in [4.78, 5) is 0. The van der Waals surface area contributed by atoms with E-state index in [0.29, 0.717) is 6.42 Å². The Hall–Kier alpha value is -1.18. The second-order valence-electron chi connectivity index (χ2n) is 3.33. The second kappa shape index (κ2) is 3.69. The highest BCUT2D eigenvalue weighted by molar-refractivity contribution is 5.30. The Morgan fingerprint density at radius 2 is 1.85 bits per heavy atom. The minimum atomic E-state index is -0.790. The van der Waals surface area contributed by atoms with Gasteiger partial charge >= 0.3 is 0 Å². The molecule has 0 spiro atoms. The van der Waals surface area contributed by atoms with Crippen molar-refractivity contribution < 1.29 is 8.78 Å². The van der Waals surface area contributed by atoms with E-state index in [4.69, 9.17) is 0 Å². The Morgan fingerprint density at radius 3 is 2.38 bits per heavy atom. The fourth-order valence-corrected chi connectivity index (χ4v) is 1.20. The third-order valence-corrected chi connectivity index (χ3v) is 1.87. The van der Waals surface area contributed by atoms with Gasteiger partial charge in [0.05, 0.1) is 0 Å². The van der Waals surface area contributed by atoms with Gasteiger partial charge in [-0.15, -0.1) is 0 Å². The molecule has 1 rings (SSSR count). The highest BCUT2D eigenvalue weighted by Crippen LogP contribution is 2.16. The summed E-state index contributed by atoms with van der Waals surface area (Å²) in [6.07, 6.45) is 0.600. The molecule has 0 saturated heterocycles. The van der Waals surface area contributed by atoms with Crippen LogP contribution in [0, 0.1) is 18.6 Å². The van der Waals surface area contributed by atoms with Crippen molar-refractivity contribution in [2.45, 2.75) is 20.3 Å². The maximum atomic E-state index is 12.8. The summed E-state index contributed by atoms with van der Waals surface area (Å²) in [6.45, 7) is 7.35. The highest BCUT2D eigenvalue weighted by Gasteiger charge is 2.06. The van der Waals surface area contributed by atoms with E-state index in [-0.39, 0.29) is 0 Å². The van der Waals surface area contributed by atoms with Crippen molar-refractivity contribution in [2.24, 2.45) is 0 Å². The molecule has 13 heavy (non-hydrogen) atoms. The van der Waals surface area contributed by atoms with E-state index in [1.54, 1.807) is 6.92 Å². The van der Waals surface area contributed by atoms with Gasteiger partial charge in [-0.1, -0.05) is 12.2 Å². The van der Waals surface area contributed by atoms with Crippen LogP contribution in [0.2, 0.25) is 0 Å². The minimum absolute atomic E-state index is 0.600. The number of benzene rings is 1. The van der Waals surface area contributed by atoms with Crippen LogP contribution >= 0.6 is 0 Å². The summed E-state index contributed by atoms with van der Waals surface area (Å²) < 4.78 is 25.5. The smallest absolute Gasteiger partial charge is 0.159 e. The predicted octanol–water partition coefficient (Wildman–Crippen LogP) is 3.39. The van der Waals surface area contributed by atoms with Gasteiger partial charge in [0.2, 0.25) is 0 Å². The summed E-state index contributed by atoms with van der Waals surface area (Å²) in [5.41, 5.74) is 2.50. The zero-order valence-corrected chi connectivity index (χ0v) is 7.82. The number of hydrogen-bond acceptors (Lipinski definition) is 0. The molecule has 0 bridgehead atoms. The molecule has 2 heteroatoms. The normalized spacial score (nSPS) is 10.2. The first-order valence-corrected chi connectivity index (χ1v) is 4.09. The Labute approximate surface area is 76.9 Å². The standard InChI is InChI=1S/C11H12F2/c1-7(2)4-9-6-11(13)10(12)5-8(9)3/h5-6H,1,4H2,2-3H3. The summed E-state index contributed by atoms with van der Waals surface area (Å²) in [5.74, 6) is -1.58. The maximum absolute atomic E-state index is 12.8. The quantitative estimate of drug-likeness (QED) is 0.615. The lowest BCUT2D eigenvalue weighted by atomic mass is 10.0. The SMILES string of the molecule is C=C(C)Cc1cc(F)c(F)cc1C. The van der Waals surface area contributed by atoms with Gasteiger partial charge in [0.25, 0.3) is 0 Å². The van der Waals surface area contributed by atoms with Gasteiger partial charge in [-0.3, -0.25) is 0 Å². The van der Waals surface area contributed by atoms with Gasteiger partial charge in [-0.05, 0) is 43.5 Å². The lowest BCUT2D eigenvalue weighted by Gasteiger charge is -2.05. The third kappa shape index (κ3) is 2.38. The molecule has 0 radical (unpaired) electrons. The van der Waals surface area contributed by atoms with Crippen molar-refractivity contribution >= 4 is 0 Å². The van der Waals surface area contributed by atoms with Crippen molar-refractivity contribution in [1.82, 2.24) is 0 Å². The summed E-state index contributed by atoms with van der Waals surface area (Å²) in [5, 5.41) is 0. The molecule has 1 aromatic carbocycles. The van der Waals surface area contributed by atoms with Crippen molar-refractivity contribution in [2.75, 3.05) is 0 Å². The third-order valence-electron chi connectivity index (χ3n) is 1.87. The van der Waals surface area contributed by atoms with Crippen molar-refractivity contribution in [3.05, 3.63) is 47.0 Å². The van der Waals surface area contributed by atoms with Crippen molar-refractivity contribution in [3.8, 4) is 0 Å². The van der Waals surface area contributed by atoms with Gasteiger partial charge in [-0.25, -0.2) is 8.78 Å². The molecule has 0 unspecified atom stereocenters. The molecule has 0 aliphatic carbocycles. The Balaban J connectivity index is 3.08. The number of allylic oxidation sites excluding steroid dienone is 1. The fourth-order valence-electron chi connectivity index (χ4n) is 1.20. The van der Waals surface area contributed by atoms with Gasteiger partial charge in [0, 0.05) is 0 Å². The van der Waals surface area contributed by atoms with E-state index in [2.05, 4.69) is 6.58 Å². The Kier molecular flexibility index (Phi) is 2.81. The molecule has 0 saturated carbocycles. The van der Waals surface area contributed by atoms with Crippen LogP contribution in [-0.2, 0) is 6.42 Å². The maximum Gasteiger partial charge on any atom is 0.159 e. The van der Waals surface area contributed by atoms with Gasteiger partial charge in [-0.2, -0.15) is 0 Å². The van der Waals surface area contributed by atoms with E-state index in [9.17, 15) is 8.78 Å². The lowest BCUT2D eigenvalue weighted by molar-refractivity contribution is 0.506. The fraction of sp³-hybridized carbons (Fsp3) is 0.273. The van der Waals surface area contributed by atoms with Crippen LogP contribution in [0.4, 0.5) is 8.78 Å². The van der Waals surface area contributed by atoms with Crippen LogP contribution in [0.25, 0.3) is 0 Å². The summed E-state index contributed by atoms with van der Waals surface area (Å²) in [6, 6.07) is 2.45. The molecule has 0 atom stereocenters. The highest BCUT2D eigenvalue weighted by atomic mass is 19.2. The number of hydrogen-bond donors (Lipinski definition) is 0. The first-order valence-electron chi connectivity index (χ1n) is 4.09. The number of aryl methyl sites for hydroxylation is 1. The van der Waals surface area contributed by atoms with Crippen molar-refractivity contribution in [1.29, 1.82) is 0 Å². The van der Waals surface area contributed by atoms with Crippen LogP contribution in [0.15, 0.2) is 24.3 Å². The van der Waals surface area contributed by atoms with Gasteiger partial charge < -0.3 is 0 Å². The molecule has 1 aromatic rings. The van der Waals surface area contributed by atoms with Crippen LogP contribution in [0.5, 0.6) is 0 Å². The molecule has 70 valence electrons. The van der Waals surface area contributed by atoms with Crippen LogP contribution in [0.3, 0.4) is 0 Å². The Morgan fingerprint density at radius 1 is 1.31 bits per heavy atom. The molecular formula is C11H12F2. The Bertz CT molecular complexity index is 340. The number of halogens is 2. The molecule has 0 aliphatic heterocycles. The molecule has 0 heterocycles. The van der Waals surface area contributed by atoms with E-state index in [1.165, 1.54) is 12.1 Å². The summed E-state index contributed by atoms with van der Waals surface area (Å²) in [7, 11) is 0.